The normalized spacial score (nSPS) is 40.8. The first-order valence-corrected chi connectivity index (χ1v) is 20.6. The van der Waals surface area contributed by atoms with Crippen LogP contribution in [0.25, 0.3) is 22.3 Å². The highest BCUT2D eigenvalue weighted by molar-refractivity contribution is 8.44. The van der Waals surface area contributed by atoms with Crippen LogP contribution in [0.15, 0.2) is 37.5 Å². The Morgan fingerprint density at radius 1 is 1.00 bits per heavy atom. The van der Waals surface area contributed by atoms with E-state index in [-0.39, 0.29) is 23.7 Å². The first kappa shape index (κ1) is 33.1. The van der Waals surface area contributed by atoms with Crippen molar-refractivity contribution in [2.75, 3.05) is 31.7 Å². The Morgan fingerprint density at radius 2 is 1.76 bits per heavy atom. The summed E-state index contributed by atoms with van der Waals surface area (Å²) in [5.41, 5.74) is -0.252. The maximum Gasteiger partial charge on any atom is 0.386 e. The Hall–Kier alpha value is -2.72. The molecule has 0 radical (unpaired) electrons. The van der Waals surface area contributed by atoms with Crippen molar-refractivity contribution in [3.05, 3.63) is 37.5 Å². The van der Waals surface area contributed by atoms with Gasteiger partial charge >= 0.3 is 13.5 Å². The molecule has 6 aliphatic heterocycles. The van der Waals surface area contributed by atoms with Gasteiger partial charge in [0.25, 0.3) is 0 Å². The maximum atomic E-state index is 16.4. The predicted octanol–water partition coefficient (Wildman–Crippen LogP) is 2.39. The van der Waals surface area contributed by atoms with Gasteiger partial charge in [-0.05, 0) is 24.8 Å². The van der Waals surface area contributed by atoms with E-state index in [0.717, 1.165) is 0 Å². The molecule has 19 nitrogen and oxygen atoms in total. The number of halogens is 1. The molecule has 1 spiro atoms. The lowest BCUT2D eigenvalue weighted by Crippen LogP contribution is -2.50. The lowest BCUT2D eigenvalue weighted by molar-refractivity contribution is -0.214. The number of ether oxygens (including phenoxy) is 4. The van der Waals surface area contributed by atoms with Gasteiger partial charge in [-0.1, -0.05) is 18.3 Å². The minimum Gasteiger partial charge on any atom is -0.472 e. The zero-order chi connectivity index (χ0) is 34.4. The van der Waals surface area contributed by atoms with Crippen LogP contribution in [0.1, 0.15) is 19.4 Å². The lowest BCUT2D eigenvalue weighted by Gasteiger charge is -2.37. The van der Waals surface area contributed by atoms with Crippen LogP contribution in [-0.2, 0) is 48.7 Å². The third-order valence-electron chi connectivity index (χ3n) is 9.18. The van der Waals surface area contributed by atoms with Gasteiger partial charge in [0.05, 0.1) is 32.0 Å². The van der Waals surface area contributed by atoms with Crippen molar-refractivity contribution in [1.82, 2.24) is 39.0 Å². The Morgan fingerprint density at radius 3 is 2.60 bits per heavy atom. The standard InChI is InChI=1S/C26H28FN9O10P2S2/c1-12-26-7-41-48(38,50)45-17-13-6-40-47(37,49)46-19(26)18(42-12)25(44-26)36-10-33-15-20(29-8-30-21(15)36)28-4-2-3-5-39-23-16-22(31-9-32-23)35(11-34-16)24(43-13)14(17)27/h2-3,8-14,17-19,24-25H,4-7H2,1H3,(H,37,49)(H,38,50)(H,28,29,30)/b3-2+/t12-,13+,14+,17+,18+,19-,24+,25+,26-,47?,48?/m0/s1. The molecule has 0 aliphatic carbocycles. The van der Waals surface area contributed by atoms with Crippen LogP contribution in [0.4, 0.5) is 10.2 Å². The second-order valence-corrected chi connectivity index (χ2v) is 17.7. The molecular weight excluding hydrogens is 743 g/mol. The van der Waals surface area contributed by atoms with E-state index >= 15 is 4.39 Å². The minimum atomic E-state index is -4.36. The summed E-state index contributed by atoms with van der Waals surface area (Å²) >= 11 is 9.64. The molecule has 2 N–H and O–H groups in total. The van der Waals surface area contributed by atoms with Gasteiger partial charge in [-0.25, -0.2) is 33.9 Å². The van der Waals surface area contributed by atoms with Crippen molar-refractivity contribution in [2.24, 2.45) is 0 Å². The highest BCUT2D eigenvalue weighted by atomic mass is 32.7. The Bertz CT molecular complexity index is 2110. The van der Waals surface area contributed by atoms with Gasteiger partial charge in [-0.2, -0.15) is 4.98 Å². The number of alkyl halides is 1. The van der Waals surface area contributed by atoms with E-state index in [1.807, 2.05) is 6.08 Å². The highest BCUT2D eigenvalue weighted by Gasteiger charge is 2.69. The van der Waals surface area contributed by atoms with E-state index in [9.17, 15) is 9.46 Å². The van der Waals surface area contributed by atoms with E-state index in [1.54, 1.807) is 17.6 Å². The predicted molar refractivity (Wildman–Crippen MR) is 175 cm³/mol. The first-order chi connectivity index (χ1) is 24.0. The number of aromatic nitrogens is 8. The van der Waals surface area contributed by atoms with Crippen molar-refractivity contribution in [2.45, 2.75) is 61.7 Å². The SMILES string of the molecule is C[C@@H]1O[C@H]2[C@H]3O[C@@]14COP(=O)(S)O[C@H]1[C@@H](F)[C@@H](O[C@@H]1COP(O)(=S)O[C@@H]24)n1cnc2c(ncnc21)OC/C=C/CNc1ncnc2c1ncn23. The van der Waals surface area contributed by atoms with E-state index in [4.69, 9.17) is 48.8 Å². The number of hydrogen-bond donors (Lipinski definition) is 3. The zero-order valence-corrected chi connectivity index (χ0v) is 29.2. The van der Waals surface area contributed by atoms with E-state index in [0.29, 0.717) is 23.5 Å². The fraction of sp³-hybridized carbons (Fsp3) is 0.538. The molecule has 24 heteroatoms. The molecule has 266 valence electrons. The third-order valence-corrected chi connectivity index (χ3v) is 12.3. The first-order valence-electron chi connectivity index (χ1n) is 15.3. The molecule has 11 atom stereocenters. The fourth-order valence-electron chi connectivity index (χ4n) is 6.81. The van der Waals surface area contributed by atoms with Gasteiger partial charge in [0.2, 0.25) is 5.88 Å². The molecule has 6 aliphatic rings. The summed E-state index contributed by atoms with van der Waals surface area (Å²) < 4.78 is 81.4. The number of imidazole rings is 2. The van der Waals surface area contributed by atoms with Crippen molar-refractivity contribution >= 4 is 65.7 Å². The number of anilines is 1. The highest BCUT2D eigenvalue weighted by Crippen LogP contribution is 2.62. The second-order valence-electron chi connectivity index (χ2n) is 12.0. The van der Waals surface area contributed by atoms with Crippen molar-refractivity contribution in [1.29, 1.82) is 0 Å². The van der Waals surface area contributed by atoms with Gasteiger partial charge in [-0.15, -0.1) is 0 Å². The van der Waals surface area contributed by atoms with Crippen molar-refractivity contribution in [3.8, 4) is 5.88 Å². The molecule has 10 rings (SSSR count). The van der Waals surface area contributed by atoms with Crippen LogP contribution in [0, 0.1) is 0 Å². The van der Waals surface area contributed by atoms with Crippen LogP contribution in [0.2, 0.25) is 0 Å². The summed E-state index contributed by atoms with van der Waals surface area (Å²) in [7, 11) is 0. The Kier molecular flexibility index (Phi) is 8.07. The molecule has 4 fully saturated rings. The smallest absolute Gasteiger partial charge is 0.386 e. The second kappa shape index (κ2) is 12.2. The van der Waals surface area contributed by atoms with Gasteiger partial charge in [0, 0.05) is 6.54 Å². The number of rotatable bonds is 0. The van der Waals surface area contributed by atoms with Crippen LogP contribution >= 0.6 is 25.8 Å². The minimum absolute atomic E-state index is 0.129. The van der Waals surface area contributed by atoms with Gasteiger partial charge in [0.1, 0.15) is 49.3 Å². The molecule has 4 aromatic heterocycles. The van der Waals surface area contributed by atoms with Crippen LogP contribution < -0.4 is 10.1 Å². The molecule has 0 amide bonds. The molecule has 4 saturated heterocycles. The number of nitrogens with zero attached hydrogens (tertiary/aromatic N) is 8. The van der Waals surface area contributed by atoms with Crippen molar-refractivity contribution in [3.63, 3.8) is 0 Å². The van der Waals surface area contributed by atoms with Crippen molar-refractivity contribution < 1.29 is 50.9 Å². The van der Waals surface area contributed by atoms with E-state index in [2.05, 4.69) is 47.5 Å². The summed E-state index contributed by atoms with van der Waals surface area (Å²) in [5, 5.41) is 3.21. The monoisotopic (exact) mass is 771 g/mol. The van der Waals surface area contributed by atoms with Crippen LogP contribution in [0.5, 0.6) is 5.88 Å². The van der Waals surface area contributed by atoms with E-state index in [1.165, 1.54) is 29.9 Å². The summed E-state index contributed by atoms with van der Waals surface area (Å²) in [5.74, 6) is 0.601. The molecular formula is C26H28FN9O10P2S2. The quantitative estimate of drug-likeness (QED) is 0.133. The molecule has 50 heavy (non-hydrogen) atoms. The molecule has 15 bridgehead atoms. The fourth-order valence-corrected chi connectivity index (χ4v) is 9.74. The summed E-state index contributed by atoms with van der Waals surface area (Å²) in [4.78, 5) is 37.5. The Labute approximate surface area is 291 Å². The topological polar surface area (TPSA) is 210 Å². The van der Waals surface area contributed by atoms with Gasteiger partial charge < -0.3 is 33.7 Å². The van der Waals surface area contributed by atoms with Gasteiger partial charge in [0.15, 0.2) is 46.8 Å². The number of nitrogens with one attached hydrogen (secondary N) is 1. The summed E-state index contributed by atoms with van der Waals surface area (Å²) in [6.07, 6.45) is -0.847. The largest absolute Gasteiger partial charge is 0.472 e. The number of fused-ring (bicyclic) bond motifs is 10. The zero-order valence-electron chi connectivity index (χ0n) is 25.7. The van der Waals surface area contributed by atoms with Gasteiger partial charge in [-0.3, -0.25) is 22.7 Å². The van der Waals surface area contributed by atoms with E-state index < -0.39 is 81.5 Å². The third kappa shape index (κ3) is 5.40. The number of hydrogen-bond acceptors (Lipinski definition) is 17. The lowest BCUT2D eigenvalue weighted by atomic mass is 9.94. The van der Waals surface area contributed by atoms with Crippen LogP contribution in [0.3, 0.4) is 0 Å². The average Bonchev–Trinajstić information content (AvgIpc) is 3.88. The summed E-state index contributed by atoms with van der Waals surface area (Å²) in [6, 6.07) is 0. The molecule has 0 aromatic carbocycles. The van der Waals surface area contributed by atoms with Crippen LogP contribution in [-0.4, -0.2) is 113 Å². The molecule has 2 unspecified atom stereocenters. The average molecular weight is 772 g/mol. The molecule has 4 aromatic rings. The maximum absolute atomic E-state index is 16.4. The number of thiol groups is 1. The summed E-state index contributed by atoms with van der Waals surface area (Å²) in [6.45, 7) is -7.29. The molecule has 10 heterocycles. The molecule has 0 saturated carbocycles. The Balaban J connectivity index is 1.16.